The van der Waals surface area contributed by atoms with Crippen LogP contribution < -0.4 is 11.1 Å². The van der Waals surface area contributed by atoms with Gasteiger partial charge in [0.25, 0.3) is 0 Å². The second-order valence-corrected chi connectivity index (χ2v) is 4.13. The Balaban J connectivity index is 2.30. The van der Waals surface area contributed by atoms with Crippen LogP contribution in [0.3, 0.4) is 0 Å². The predicted octanol–water partition coefficient (Wildman–Crippen LogP) is 0.0223. The van der Waals surface area contributed by atoms with Crippen molar-refractivity contribution in [2.75, 3.05) is 13.2 Å². The normalized spacial score (nSPS) is 27.0. The molecule has 0 saturated carbocycles. The van der Waals surface area contributed by atoms with E-state index >= 15 is 0 Å². The van der Waals surface area contributed by atoms with Crippen molar-refractivity contribution in [3.8, 4) is 12.3 Å². The van der Waals surface area contributed by atoms with E-state index in [9.17, 15) is 4.79 Å². The SMILES string of the molecule is C#CCC(N)C(=O)NCC1(C)CCCO1. The first-order valence-corrected chi connectivity index (χ1v) is 5.18. The van der Waals surface area contributed by atoms with E-state index in [0.29, 0.717) is 6.54 Å². The summed E-state index contributed by atoms with van der Waals surface area (Å²) < 4.78 is 5.53. The zero-order valence-corrected chi connectivity index (χ0v) is 9.08. The van der Waals surface area contributed by atoms with Crippen molar-refractivity contribution in [1.29, 1.82) is 0 Å². The Kier molecular flexibility index (Phi) is 4.13. The van der Waals surface area contributed by atoms with Gasteiger partial charge in [-0.05, 0) is 19.8 Å². The molecule has 3 N–H and O–H groups in total. The summed E-state index contributed by atoms with van der Waals surface area (Å²) in [5.41, 5.74) is 5.33. The minimum Gasteiger partial charge on any atom is -0.373 e. The summed E-state index contributed by atoms with van der Waals surface area (Å²) in [4.78, 5) is 11.4. The van der Waals surface area contributed by atoms with Gasteiger partial charge < -0.3 is 15.8 Å². The first kappa shape index (κ1) is 12.0. The van der Waals surface area contributed by atoms with Gasteiger partial charge in [-0.3, -0.25) is 4.79 Å². The number of carbonyl (C=O) groups is 1. The van der Waals surface area contributed by atoms with Crippen molar-refractivity contribution in [2.24, 2.45) is 5.73 Å². The summed E-state index contributed by atoms with van der Waals surface area (Å²) in [6, 6.07) is -0.611. The molecule has 0 aromatic heterocycles. The van der Waals surface area contributed by atoms with Crippen molar-refractivity contribution in [2.45, 2.75) is 37.8 Å². The van der Waals surface area contributed by atoms with Crippen LogP contribution in [-0.4, -0.2) is 30.7 Å². The maximum atomic E-state index is 11.4. The molecule has 1 aliphatic rings. The van der Waals surface area contributed by atoms with E-state index in [4.69, 9.17) is 16.9 Å². The molecule has 2 unspecified atom stereocenters. The molecule has 1 rings (SSSR count). The fourth-order valence-corrected chi connectivity index (χ4v) is 1.60. The van der Waals surface area contributed by atoms with Crippen LogP contribution >= 0.6 is 0 Å². The molecular weight excluding hydrogens is 192 g/mol. The smallest absolute Gasteiger partial charge is 0.238 e. The number of rotatable bonds is 4. The molecule has 1 fully saturated rings. The van der Waals surface area contributed by atoms with Crippen LogP contribution in [0.15, 0.2) is 0 Å². The monoisotopic (exact) mass is 210 g/mol. The van der Waals surface area contributed by atoms with E-state index in [2.05, 4.69) is 11.2 Å². The Morgan fingerprint density at radius 2 is 2.53 bits per heavy atom. The first-order valence-electron chi connectivity index (χ1n) is 5.18. The first-order chi connectivity index (χ1) is 7.07. The minimum atomic E-state index is -0.611. The molecule has 0 spiro atoms. The average Bonchev–Trinajstić information content (AvgIpc) is 2.63. The van der Waals surface area contributed by atoms with E-state index in [-0.39, 0.29) is 17.9 Å². The average molecular weight is 210 g/mol. The number of terminal acetylenes is 1. The van der Waals surface area contributed by atoms with Gasteiger partial charge in [0, 0.05) is 19.6 Å². The highest BCUT2D eigenvalue weighted by Gasteiger charge is 2.30. The van der Waals surface area contributed by atoms with E-state index in [0.717, 1.165) is 19.4 Å². The Morgan fingerprint density at radius 1 is 1.80 bits per heavy atom. The number of ether oxygens (including phenoxy) is 1. The number of hydrogen-bond acceptors (Lipinski definition) is 3. The van der Waals surface area contributed by atoms with Crippen LogP contribution in [0.1, 0.15) is 26.2 Å². The number of hydrogen-bond donors (Lipinski definition) is 2. The van der Waals surface area contributed by atoms with E-state index in [1.807, 2.05) is 6.92 Å². The molecule has 0 aliphatic carbocycles. The molecule has 0 aromatic carbocycles. The summed E-state index contributed by atoms with van der Waals surface area (Å²) in [6.45, 7) is 3.26. The third-order valence-corrected chi connectivity index (χ3v) is 2.61. The van der Waals surface area contributed by atoms with Gasteiger partial charge in [-0.15, -0.1) is 12.3 Å². The van der Waals surface area contributed by atoms with Gasteiger partial charge in [-0.1, -0.05) is 0 Å². The molecule has 0 radical (unpaired) electrons. The predicted molar refractivity (Wildman–Crippen MR) is 58.0 cm³/mol. The molecule has 1 aliphatic heterocycles. The zero-order valence-electron chi connectivity index (χ0n) is 9.08. The molecule has 1 saturated heterocycles. The van der Waals surface area contributed by atoms with Crippen molar-refractivity contribution in [3.63, 3.8) is 0 Å². The van der Waals surface area contributed by atoms with Gasteiger partial charge in [-0.25, -0.2) is 0 Å². The molecule has 15 heavy (non-hydrogen) atoms. The van der Waals surface area contributed by atoms with Gasteiger partial charge in [0.05, 0.1) is 11.6 Å². The molecule has 84 valence electrons. The lowest BCUT2D eigenvalue weighted by Gasteiger charge is -2.24. The lowest BCUT2D eigenvalue weighted by molar-refractivity contribution is -0.123. The summed E-state index contributed by atoms with van der Waals surface area (Å²) in [5.74, 6) is 2.16. The van der Waals surface area contributed by atoms with Crippen molar-refractivity contribution >= 4 is 5.91 Å². The van der Waals surface area contributed by atoms with E-state index in [1.165, 1.54) is 0 Å². The van der Waals surface area contributed by atoms with Crippen molar-refractivity contribution in [1.82, 2.24) is 5.32 Å². The van der Waals surface area contributed by atoms with Crippen LogP contribution in [0.4, 0.5) is 0 Å². The van der Waals surface area contributed by atoms with Gasteiger partial charge in [0.2, 0.25) is 5.91 Å². The lowest BCUT2D eigenvalue weighted by atomic mass is 10.0. The van der Waals surface area contributed by atoms with Crippen LogP contribution in [0.2, 0.25) is 0 Å². The second kappa shape index (κ2) is 5.15. The molecule has 2 atom stereocenters. The Labute approximate surface area is 90.5 Å². The van der Waals surface area contributed by atoms with Crippen LogP contribution in [-0.2, 0) is 9.53 Å². The summed E-state index contributed by atoms with van der Waals surface area (Å²) in [6.07, 6.45) is 7.36. The molecule has 4 nitrogen and oxygen atoms in total. The van der Waals surface area contributed by atoms with Gasteiger partial charge in [0.15, 0.2) is 0 Å². The molecule has 0 bridgehead atoms. The van der Waals surface area contributed by atoms with Crippen LogP contribution in [0, 0.1) is 12.3 Å². The zero-order chi connectivity index (χ0) is 11.3. The van der Waals surface area contributed by atoms with Crippen LogP contribution in [0.5, 0.6) is 0 Å². The van der Waals surface area contributed by atoms with Crippen LogP contribution in [0.25, 0.3) is 0 Å². The standard InChI is InChI=1S/C11H18N2O2/c1-3-5-9(12)10(14)13-8-11(2)6-4-7-15-11/h1,9H,4-8,12H2,2H3,(H,13,14). The topological polar surface area (TPSA) is 64.4 Å². The summed E-state index contributed by atoms with van der Waals surface area (Å²) >= 11 is 0. The third kappa shape index (κ3) is 3.54. The molecule has 4 heteroatoms. The highest BCUT2D eigenvalue weighted by molar-refractivity contribution is 5.81. The molecule has 0 aromatic rings. The largest absolute Gasteiger partial charge is 0.373 e. The highest BCUT2D eigenvalue weighted by Crippen LogP contribution is 2.23. The van der Waals surface area contributed by atoms with E-state index in [1.54, 1.807) is 0 Å². The third-order valence-electron chi connectivity index (χ3n) is 2.61. The van der Waals surface area contributed by atoms with Gasteiger partial charge in [-0.2, -0.15) is 0 Å². The lowest BCUT2D eigenvalue weighted by Crippen LogP contribution is -2.46. The maximum absolute atomic E-state index is 11.4. The van der Waals surface area contributed by atoms with Crippen molar-refractivity contribution < 1.29 is 9.53 Å². The summed E-state index contributed by atoms with van der Waals surface area (Å²) in [5, 5.41) is 2.77. The quantitative estimate of drug-likeness (QED) is 0.643. The molecule has 1 heterocycles. The maximum Gasteiger partial charge on any atom is 0.238 e. The van der Waals surface area contributed by atoms with Crippen molar-refractivity contribution in [3.05, 3.63) is 0 Å². The minimum absolute atomic E-state index is 0.204. The highest BCUT2D eigenvalue weighted by atomic mass is 16.5. The summed E-state index contributed by atoms with van der Waals surface area (Å²) in [7, 11) is 0. The van der Waals surface area contributed by atoms with Gasteiger partial charge >= 0.3 is 0 Å². The number of nitrogens with one attached hydrogen (secondary N) is 1. The Bertz CT molecular complexity index is 264. The number of nitrogens with two attached hydrogens (primary N) is 1. The Hall–Kier alpha value is -1.05. The Morgan fingerprint density at radius 3 is 3.07 bits per heavy atom. The number of amides is 1. The molecule has 1 amide bonds. The number of carbonyl (C=O) groups excluding carboxylic acids is 1. The fraction of sp³-hybridized carbons (Fsp3) is 0.727. The van der Waals surface area contributed by atoms with E-state index < -0.39 is 6.04 Å². The second-order valence-electron chi connectivity index (χ2n) is 4.13. The fourth-order valence-electron chi connectivity index (χ4n) is 1.60. The van der Waals surface area contributed by atoms with Gasteiger partial charge in [0.1, 0.15) is 0 Å². The molecular formula is C11H18N2O2.